The van der Waals surface area contributed by atoms with Crippen molar-refractivity contribution in [3.63, 3.8) is 0 Å². The van der Waals surface area contributed by atoms with Crippen LogP contribution >= 0.6 is 0 Å². The fourth-order valence-corrected chi connectivity index (χ4v) is 1.84. The molecule has 0 bridgehead atoms. The van der Waals surface area contributed by atoms with Crippen LogP contribution in [-0.4, -0.2) is 37.3 Å². The molecular weight excluding hydrogens is 248 g/mol. The summed E-state index contributed by atoms with van der Waals surface area (Å²) in [5, 5.41) is 20.6. The van der Waals surface area contributed by atoms with Gasteiger partial charge in [0.1, 0.15) is 5.69 Å². The van der Waals surface area contributed by atoms with Crippen LogP contribution in [0.4, 0.5) is 11.4 Å². The number of nitrogens with zero attached hydrogens (tertiary/aromatic N) is 2. The first-order chi connectivity index (χ1) is 8.97. The monoisotopic (exact) mass is 268 g/mol. The van der Waals surface area contributed by atoms with Crippen LogP contribution in [0.3, 0.4) is 0 Å². The zero-order chi connectivity index (χ0) is 14.4. The van der Waals surface area contributed by atoms with Gasteiger partial charge in [0.25, 0.3) is 5.69 Å². The lowest BCUT2D eigenvalue weighted by molar-refractivity contribution is -0.384. The van der Waals surface area contributed by atoms with Crippen LogP contribution in [0.5, 0.6) is 0 Å². The van der Waals surface area contributed by atoms with Crippen molar-refractivity contribution in [3.05, 3.63) is 33.9 Å². The van der Waals surface area contributed by atoms with Gasteiger partial charge >= 0.3 is 0 Å². The van der Waals surface area contributed by atoms with Gasteiger partial charge in [-0.2, -0.15) is 0 Å². The lowest BCUT2D eigenvalue weighted by Crippen LogP contribution is -2.20. The molecule has 0 aliphatic heterocycles. The van der Waals surface area contributed by atoms with Crippen molar-refractivity contribution in [2.24, 2.45) is 0 Å². The van der Waals surface area contributed by atoms with Crippen molar-refractivity contribution in [1.82, 2.24) is 0 Å². The molecule has 1 N–H and O–H groups in total. The van der Waals surface area contributed by atoms with Gasteiger partial charge in [-0.05, 0) is 25.0 Å². The molecule has 1 rings (SSSR count). The second-order valence-electron chi connectivity index (χ2n) is 4.45. The second-order valence-corrected chi connectivity index (χ2v) is 4.45. The first-order valence-electron chi connectivity index (χ1n) is 6.13. The number of ether oxygens (including phenoxy) is 1. The first-order valence-corrected chi connectivity index (χ1v) is 6.13. The summed E-state index contributed by atoms with van der Waals surface area (Å²) >= 11 is 0. The van der Waals surface area contributed by atoms with Crippen molar-refractivity contribution < 1.29 is 14.8 Å². The molecule has 0 saturated carbocycles. The number of nitro groups is 1. The molecule has 1 aromatic carbocycles. The minimum atomic E-state index is -0.716. The van der Waals surface area contributed by atoms with Gasteiger partial charge in [-0.1, -0.05) is 6.07 Å². The average molecular weight is 268 g/mol. The lowest BCUT2D eigenvalue weighted by Gasteiger charge is -2.19. The molecule has 19 heavy (non-hydrogen) atoms. The van der Waals surface area contributed by atoms with Crippen molar-refractivity contribution in [2.45, 2.75) is 19.4 Å². The largest absolute Gasteiger partial charge is 0.389 e. The Hall–Kier alpha value is -1.66. The number of hydrogen-bond donors (Lipinski definition) is 1. The Morgan fingerprint density at radius 1 is 1.53 bits per heavy atom. The van der Waals surface area contributed by atoms with Gasteiger partial charge in [-0.25, -0.2) is 0 Å². The number of anilines is 1. The normalized spacial score (nSPS) is 12.2. The third-order valence-electron chi connectivity index (χ3n) is 2.93. The van der Waals surface area contributed by atoms with Gasteiger partial charge in [0.05, 0.1) is 11.0 Å². The number of hydrogen-bond acceptors (Lipinski definition) is 5. The Kier molecular flexibility index (Phi) is 5.72. The van der Waals surface area contributed by atoms with E-state index in [1.54, 1.807) is 33.2 Å². The molecule has 0 fully saturated rings. The van der Waals surface area contributed by atoms with Crippen molar-refractivity contribution >= 4 is 11.4 Å². The quantitative estimate of drug-likeness (QED) is 0.465. The molecule has 1 unspecified atom stereocenters. The van der Waals surface area contributed by atoms with Crippen LogP contribution in [0.2, 0.25) is 0 Å². The van der Waals surface area contributed by atoms with Crippen LogP contribution in [0.1, 0.15) is 25.0 Å². The highest BCUT2D eigenvalue weighted by molar-refractivity contribution is 5.64. The Morgan fingerprint density at radius 3 is 2.74 bits per heavy atom. The van der Waals surface area contributed by atoms with E-state index in [4.69, 9.17) is 4.74 Å². The molecule has 0 amide bonds. The van der Waals surface area contributed by atoms with Crippen LogP contribution in [0, 0.1) is 10.1 Å². The number of aliphatic hydroxyl groups is 1. The maximum Gasteiger partial charge on any atom is 0.292 e. The fraction of sp³-hybridized carbons (Fsp3) is 0.538. The predicted molar refractivity (Wildman–Crippen MR) is 73.5 cm³/mol. The zero-order valence-electron chi connectivity index (χ0n) is 11.5. The van der Waals surface area contributed by atoms with E-state index >= 15 is 0 Å². The van der Waals surface area contributed by atoms with Gasteiger partial charge in [0, 0.05) is 33.4 Å². The highest BCUT2D eigenvalue weighted by Gasteiger charge is 2.18. The van der Waals surface area contributed by atoms with Crippen LogP contribution in [0.25, 0.3) is 0 Å². The molecule has 0 radical (unpaired) electrons. The second kappa shape index (κ2) is 7.06. The average Bonchev–Trinajstić information content (AvgIpc) is 2.38. The number of rotatable bonds is 7. The summed E-state index contributed by atoms with van der Waals surface area (Å²) in [6.07, 6.45) is 0.0778. The first kappa shape index (κ1) is 15.4. The minimum absolute atomic E-state index is 0.0123. The number of aliphatic hydroxyl groups excluding tert-OH is 1. The molecule has 6 nitrogen and oxygen atoms in total. The van der Waals surface area contributed by atoms with Gasteiger partial charge < -0.3 is 14.7 Å². The summed E-state index contributed by atoms with van der Waals surface area (Å²) in [6.45, 7) is 2.87. The van der Waals surface area contributed by atoms with E-state index in [9.17, 15) is 15.2 Å². The fourth-order valence-electron chi connectivity index (χ4n) is 1.84. The van der Waals surface area contributed by atoms with Crippen LogP contribution in [-0.2, 0) is 4.74 Å². The SMILES string of the molecule is COCCCN(C)c1ccc(C(C)O)cc1[N+](=O)[O-]. The topological polar surface area (TPSA) is 75.8 Å². The van der Waals surface area contributed by atoms with Gasteiger partial charge in [-0.3, -0.25) is 10.1 Å². The summed E-state index contributed by atoms with van der Waals surface area (Å²) in [4.78, 5) is 12.5. The van der Waals surface area contributed by atoms with E-state index in [-0.39, 0.29) is 5.69 Å². The van der Waals surface area contributed by atoms with E-state index in [1.165, 1.54) is 6.07 Å². The molecule has 0 aromatic heterocycles. The number of nitro benzene ring substituents is 1. The standard InChI is InChI=1S/C13H20N2O4/c1-10(16)11-5-6-12(13(9-11)15(17)18)14(2)7-4-8-19-3/h5-6,9-10,16H,4,7-8H2,1-3H3. The molecular formula is C13H20N2O4. The van der Waals surface area contributed by atoms with Crippen LogP contribution in [0.15, 0.2) is 18.2 Å². The molecule has 1 atom stereocenters. The summed E-state index contributed by atoms with van der Waals surface area (Å²) in [5.74, 6) is 0. The van der Waals surface area contributed by atoms with Gasteiger partial charge in [0.2, 0.25) is 0 Å². The highest BCUT2D eigenvalue weighted by Crippen LogP contribution is 2.30. The van der Waals surface area contributed by atoms with E-state index in [0.717, 1.165) is 6.42 Å². The summed E-state index contributed by atoms with van der Waals surface area (Å²) in [6, 6.07) is 4.81. The Morgan fingerprint density at radius 2 is 2.21 bits per heavy atom. The number of benzene rings is 1. The van der Waals surface area contributed by atoms with Crippen molar-refractivity contribution in [1.29, 1.82) is 0 Å². The maximum absolute atomic E-state index is 11.1. The molecule has 0 aliphatic carbocycles. The Balaban J connectivity index is 2.96. The van der Waals surface area contributed by atoms with E-state index in [0.29, 0.717) is 24.4 Å². The van der Waals surface area contributed by atoms with Gasteiger partial charge in [-0.15, -0.1) is 0 Å². The van der Waals surface area contributed by atoms with Crippen LogP contribution < -0.4 is 4.90 Å². The van der Waals surface area contributed by atoms with Gasteiger partial charge in [0.15, 0.2) is 0 Å². The molecule has 0 aliphatic rings. The zero-order valence-corrected chi connectivity index (χ0v) is 11.5. The molecule has 0 spiro atoms. The summed E-state index contributed by atoms with van der Waals surface area (Å²) < 4.78 is 4.96. The van der Waals surface area contributed by atoms with Crippen molar-refractivity contribution in [2.75, 3.05) is 32.2 Å². The lowest BCUT2D eigenvalue weighted by atomic mass is 10.1. The molecule has 1 aromatic rings. The molecule has 0 saturated heterocycles. The minimum Gasteiger partial charge on any atom is -0.389 e. The van der Waals surface area contributed by atoms with E-state index in [2.05, 4.69) is 0 Å². The molecule has 106 valence electrons. The Bertz CT molecular complexity index is 435. The summed E-state index contributed by atoms with van der Waals surface area (Å²) in [7, 11) is 3.43. The summed E-state index contributed by atoms with van der Waals surface area (Å²) in [5.41, 5.74) is 1.10. The highest BCUT2D eigenvalue weighted by atomic mass is 16.6. The third kappa shape index (κ3) is 4.18. The number of methoxy groups -OCH3 is 1. The third-order valence-corrected chi connectivity index (χ3v) is 2.93. The predicted octanol–water partition coefficient (Wildman–Crippen LogP) is 2.12. The smallest absolute Gasteiger partial charge is 0.292 e. The van der Waals surface area contributed by atoms with Crippen molar-refractivity contribution in [3.8, 4) is 0 Å². The molecule has 0 heterocycles. The molecule has 6 heteroatoms. The van der Waals surface area contributed by atoms with E-state index in [1.807, 2.05) is 4.90 Å². The maximum atomic E-state index is 11.1. The Labute approximate surface area is 112 Å². The van der Waals surface area contributed by atoms with E-state index < -0.39 is 11.0 Å².